The summed E-state index contributed by atoms with van der Waals surface area (Å²) in [5, 5.41) is 4.55. The van der Waals surface area contributed by atoms with E-state index in [-0.39, 0.29) is 5.91 Å². The molecule has 0 aliphatic heterocycles. The quantitative estimate of drug-likeness (QED) is 0.250. The van der Waals surface area contributed by atoms with Crippen molar-refractivity contribution < 1.29 is 19.1 Å². The molecule has 0 saturated carbocycles. The van der Waals surface area contributed by atoms with Gasteiger partial charge in [0, 0.05) is 5.02 Å². The fourth-order valence-electron chi connectivity index (χ4n) is 2.61. The number of carbonyl (C=O) groups is 2. The van der Waals surface area contributed by atoms with Gasteiger partial charge >= 0.3 is 5.97 Å². The van der Waals surface area contributed by atoms with Crippen molar-refractivity contribution in [2.24, 2.45) is 5.10 Å². The van der Waals surface area contributed by atoms with E-state index >= 15 is 0 Å². The molecular formula is C24H21ClN2O4. The van der Waals surface area contributed by atoms with Crippen LogP contribution in [0.2, 0.25) is 5.02 Å². The topological polar surface area (TPSA) is 77.0 Å². The number of benzene rings is 3. The Bertz CT molecular complexity index is 1080. The minimum Gasteiger partial charge on any atom is -0.481 e. The number of carbonyl (C=O) groups excluding carboxylic acids is 2. The lowest BCUT2D eigenvalue weighted by atomic mass is 10.2. The molecule has 0 spiro atoms. The van der Waals surface area contributed by atoms with Gasteiger partial charge in [0.15, 0.2) is 6.10 Å². The van der Waals surface area contributed by atoms with Gasteiger partial charge < -0.3 is 9.47 Å². The summed E-state index contributed by atoms with van der Waals surface area (Å²) in [7, 11) is 0. The average Bonchev–Trinajstić information content (AvgIpc) is 2.77. The minimum atomic E-state index is -0.739. The molecule has 0 bridgehead atoms. The highest BCUT2D eigenvalue weighted by Crippen LogP contribution is 2.22. The zero-order chi connectivity index (χ0) is 22.2. The summed E-state index contributed by atoms with van der Waals surface area (Å²) in [5.74, 6) is 0.172. The molecule has 3 rings (SSSR count). The molecule has 3 aromatic rings. The largest absolute Gasteiger partial charge is 0.481 e. The standard InChI is InChI=1S/C24H21ClN2O4/c1-16-14-20(25)10-13-22(16)30-17(2)23(28)27-26-15-18-8-11-21(12-9-18)31-24(29)19-6-4-3-5-7-19/h3-15,17H,1-2H3,(H,27,28)/b26-15-/t17-/m1/s1. The van der Waals surface area contributed by atoms with Crippen molar-refractivity contribution in [3.8, 4) is 11.5 Å². The molecule has 1 atom stereocenters. The van der Waals surface area contributed by atoms with E-state index in [9.17, 15) is 9.59 Å². The minimum absolute atomic E-state index is 0.390. The molecule has 1 amide bonds. The third-order valence-corrected chi connectivity index (χ3v) is 4.53. The van der Waals surface area contributed by atoms with Crippen LogP contribution in [0.15, 0.2) is 77.9 Å². The van der Waals surface area contributed by atoms with Crippen molar-refractivity contribution in [1.82, 2.24) is 5.43 Å². The van der Waals surface area contributed by atoms with Gasteiger partial charge in [-0.1, -0.05) is 29.8 Å². The van der Waals surface area contributed by atoms with E-state index in [1.54, 1.807) is 73.7 Å². The van der Waals surface area contributed by atoms with E-state index in [2.05, 4.69) is 10.5 Å². The van der Waals surface area contributed by atoms with Crippen LogP contribution in [0.1, 0.15) is 28.4 Å². The lowest BCUT2D eigenvalue weighted by Crippen LogP contribution is -2.33. The fourth-order valence-corrected chi connectivity index (χ4v) is 2.84. The number of ether oxygens (including phenoxy) is 2. The first-order valence-corrected chi connectivity index (χ1v) is 9.93. The second-order valence-corrected chi connectivity index (χ2v) is 7.17. The molecule has 0 heterocycles. The normalized spacial score (nSPS) is 11.7. The molecule has 31 heavy (non-hydrogen) atoms. The zero-order valence-electron chi connectivity index (χ0n) is 17.0. The summed E-state index contributed by atoms with van der Waals surface area (Å²) in [6.07, 6.45) is 0.748. The van der Waals surface area contributed by atoms with Gasteiger partial charge in [-0.25, -0.2) is 10.2 Å². The van der Waals surface area contributed by atoms with Crippen LogP contribution < -0.4 is 14.9 Å². The molecule has 0 radical (unpaired) electrons. The molecule has 3 aromatic carbocycles. The summed E-state index contributed by atoms with van der Waals surface area (Å²) in [5.41, 5.74) is 4.48. The van der Waals surface area contributed by atoms with Crippen molar-refractivity contribution in [3.05, 3.63) is 94.5 Å². The van der Waals surface area contributed by atoms with Gasteiger partial charge in [-0.2, -0.15) is 5.10 Å². The molecule has 1 N–H and O–H groups in total. The number of nitrogens with zero attached hydrogens (tertiary/aromatic N) is 1. The monoisotopic (exact) mass is 436 g/mol. The van der Waals surface area contributed by atoms with Crippen molar-refractivity contribution >= 4 is 29.7 Å². The highest BCUT2D eigenvalue weighted by Gasteiger charge is 2.15. The summed E-state index contributed by atoms with van der Waals surface area (Å²) in [6.45, 7) is 3.49. The zero-order valence-corrected chi connectivity index (χ0v) is 17.8. The number of nitrogens with one attached hydrogen (secondary N) is 1. The average molecular weight is 437 g/mol. The maximum atomic E-state index is 12.2. The van der Waals surface area contributed by atoms with Crippen LogP contribution in [0.4, 0.5) is 0 Å². The maximum Gasteiger partial charge on any atom is 0.343 e. The fraction of sp³-hybridized carbons (Fsp3) is 0.125. The van der Waals surface area contributed by atoms with E-state index in [1.807, 2.05) is 13.0 Å². The van der Waals surface area contributed by atoms with E-state index in [0.29, 0.717) is 22.1 Å². The van der Waals surface area contributed by atoms with Gasteiger partial charge in [0.25, 0.3) is 5.91 Å². The van der Waals surface area contributed by atoms with Gasteiger partial charge in [-0.3, -0.25) is 4.79 Å². The van der Waals surface area contributed by atoms with Gasteiger partial charge in [-0.05, 0) is 79.6 Å². The Labute approximate surface area is 185 Å². The van der Waals surface area contributed by atoms with Crippen LogP contribution in [0, 0.1) is 6.92 Å². The SMILES string of the molecule is Cc1cc(Cl)ccc1O[C@H](C)C(=O)N/N=C\c1ccc(OC(=O)c2ccccc2)cc1. The lowest BCUT2D eigenvalue weighted by molar-refractivity contribution is -0.127. The second kappa shape index (κ2) is 10.4. The Morgan fingerprint density at radius 3 is 2.42 bits per heavy atom. The summed E-state index contributed by atoms with van der Waals surface area (Å²) < 4.78 is 11.0. The van der Waals surface area contributed by atoms with Crippen LogP contribution in [-0.4, -0.2) is 24.2 Å². The van der Waals surface area contributed by atoms with Crippen LogP contribution in [0.5, 0.6) is 11.5 Å². The van der Waals surface area contributed by atoms with Crippen LogP contribution >= 0.6 is 11.6 Å². The molecule has 0 saturated heterocycles. The van der Waals surface area contributed by atoms with Crippen molar-refractivity contribution in [1.29, 1.82) is 0 Å². The Kier molecular flexibility index (Phi) is 7.40. The van der Waals surface area contributed by atoms with Crippen molar-refractivity contribution in [2.75, 3.05) is 0 Å². The summed E-state index contributed by atoms with van der Waals surface area (Å²) in [4.78, 5) is 24.3. The number of aryl methyl sites for hydroxylation is 1. The Balaban J connectivity index is 1.51. The van der Waals surface area contributed by atoms with E-state index in [1.165, 1.54) is 6.21 Å². The Morgan fingerprint density at radius 1 is 1.03 bits per heavy atom. The number of halogens is 1. The first kappa shape index (κ1) is 22.1. The summed E-state index contributed by atoms with van der Waals surface area (Å²) >= 11 is 5.93. The molecular weight excluding hydrogens is 416 g/mol. The van der Waals surface area contributed by atoms with E-state index < -0.39 is 12.1 Å². The number of rotatable bonds is 7. The van der Waals surface area contributed by atoms with Gasteiger partial charge in [0.05, 0.1) is 11.8 Å². The number of amides is 1. The number of hydrazone groups is 1. The molecule has 0 aliphatic rings. The highest BCUT2D eigenvalue weighted by molar-refractivity contribution is 6.30. The molecule has 6 nitrogen and oxygen atoms in total. The first-order valence-electron chi connectivity index (χ1n) is 9.55. The number of esters is 1. The predicted molar refractivity (Wildman–Crippen MR) is 120 cm³/mol. The van der Waals surface area contributed by atoms with Crippen LogP contribution in [-0.2, 0) is 4.79 Å². The third-order valence-electron chi connectivity index (χ3n) is 4.30. The van der Waals surface area contributed by atoms with Crippen LogP contribution in [0.3, 0.4) is 0 Å². The van der Waals surface area contributed by atoms with Gasteiger partial charge in [0.1, 0.15) is 11.5 Å². The molecule has 0 fully saturated rings. The molecule has 0 aromatic heterocycles. The predicted octanol–water partition coefficient (Wildman–Crippen LogP) is 4.79. The van der Waals surface area contributed by atoms with Gasteiger partial charge in [-0.15, -0.1) is 0 Å². The smallest absolute Gasteiger partial charge is 0.343 e. The lowest BCUT2D eigenvalue weighted by Gasteiger charge is -2.14. The van der Waals surface area contributed by atoms with E-state index in [0.717, 1.165) is 11.1 Å². The summed E-state index contributed by atoms with van der Waals surface area (Å²) in [6, 6.07) is 20.7. The Hall–Kier alpha value is -3.64. The second-order valence-electron chi connectivity index (χ2n) is 6.73. The number of hydrogen-bond donors (Lipinski definition) is 1. The third kappa shape index (κ3) is 6.42. The van der Waals surface area contributed by atoms with Gasteiger partial charge in [0.2, 0.25) is 0 Å². The molecule has 0 aliphatic carbocycles. The van der Waals surface area contributed by atoms with Crippen molar-refractivity contribution in [3.63, 3.8) is 0 Å². The first-order chi connectivity index (χ1) is 14.9. The number of hydrogen-bond acceptors (Lipinski definition) is 5. The van der Waals surface area contributed by atoms with Crippen molar-refractivity contribution in [2.45, 2.75) is 20.0 Å². The molecule has 158 valence electrons. The van der Waals surface area contributed by atoms with E-state index in [4.69, 9.17) is 21.1 Å². The maximum absolute atomic E-state index is 12.2. The molecule has 7 heteroatoms. The van der Waals surface area contributed by atoms with Crippen LogP contribution in [0.25, 0.3) is 0 Å². The molecule has 0 unspecified atom stereocenters. The Morgan fingerprint density at radius 2 is 1.74 bits per heavy atom. The highest BCUT2D eigenvalue weighted by atomic mass is 35.5.